The summed E-state index contributed by atoms with van der Waals surface area (Å²) in [4.78, 5) is 4.70. The maximum Gasteiger partial charge on any atom is 0.203 e. The molecule has 0 amide bonds. The van der Waals surface area contributed by atoms with Gasteiger partial charge in [-0.05, 0) is 36.5 Å². The molecule has 134 valence electrons. The van der Waals surface area contributed by atoms with E-state index >= 15 is 0 Å². The molecule has 4 rings (SSSR count). The zero-order chi connectivity index (χ0) is 17.9. The van der Waals surface area contributed by atoms with E-state index in [1.54, 1.807) is 33.8 Å². The lowest BCUT2D eigenvalue weighted by molar-refractivity contribution is 0.194. The Balaban J connectivity index is 1.43. The lowest BCUT2D eigenvalue weighted by Gasteiger charge is -2.35. The van der Waals surface area contributed by atoms with Gasteiger partial charge in [0.15, 0.2) is 0 Å². The topological polar surface area (TPSA) is 29.2 Å². The Bertz CT molecular complexity index is 928. The fourth-order valence-corrected chi connectivity index (χ4v) is 3.47. The number of anilines is 1. The molecule has 2 heterocycles. The minimum absolute atomic E-state index is 0.306. The second-order valence-corrected chi connectivity index (χ2v) is 6.68. The first kappa shape index (κ1) is 16.9. The largest absolute Gasteiger partial charge is 0.369 e. The highest BCUT2D eigenvalue weighted by atomic mass is 32.1. The van der Waals surface area contributed by atoms with Gasteiger partial charge in [-0.25, -0.2) is 9.07 Å². The first-order chi connectivity index (χ1) is 12.7. The normalized spacial score (nSPS) is 15.3. The molecule has 0 bridgehead atoms. The minimum atomic E-state index is -0.306. The van der Waals surface area contributed by atoms with Gasteiger partial charge in [-0.2, -0.15) is 5.10 Å². The van der Waals surface area contributed by atoms with E-state index in [0.717, 1.165) is 26.2 Å². The van der Waals surface area contributed by atoms with Crippen LogP contribution in [0.4, 0.5) is 10.1 Å². The third-order valence-electron chi connectivity index (χ3n) is 4.67. The van der Waals surface area contributed by atoms with E-state index in [1.807, 2.05) is 6.07 Å². The fourth-order valence-electron chi connectivity index (χ4n) is 3.22. The zero-order valence-electron chi connectivity index (χ0n) is 14.3. The number of piperazine rings is 1. The molecule has 1 saturated heterocycles. The smallest absolute Gasteiger partial charge is 0.203 e. The Labute approximate surface area is 156 Å². The van der Waals surface area contributed by atoms with Gasteiger partial charge in [0.2, 0.25) is 4.77 Å². The summed E-state index contributed by atoms with van der Waals surface area (Å²) in [7, 11) is 0. The maximum absolute atomic E-state index is 14.0. The van der Waals surface area contributed by atoms with Crippen LogP contribution < -0.4 is 4.90 Å². The van der Waals surface area contributed by atoms with Crippen molar-refractivity contribution < 1.29 is 4.39 Å². The van der Waals surface area contributed by atoms with E-state index in [2.05, 4.69) is 39.2 Å². The van der Waals surface area contributed by atoms with E-state index in [9.17, 15) is 4.39 Å². The highest BCUT2D eigenvalue weighted by Crippen LogP contribution is 2.17. The van der Waals surface area contributed by atoms with Gasteiger partial charge in [-0.1, -0.05) is 30.3 Å². The standard InChI is InChI=1S/C19H20FN5S/c20-17-8-4-5-9-18(17)24-14-21-25(19(24)26)15-22-10-12-23(13-11-22)16-6-2-1-3-7-16/h1-9,14H,10-13,15H2. The number of para-hydroxylation sites is 2. The molecular formula is C19H20FN5S. The summed E-state index contributed by atoms with van der Waals surface area (Å²) >= 11 is 5.49. The number of hydrogen-bond donors (Lipinski definition) is 0. The van der Waals surface area contributed by atoms with Gasteiger partial charge in [-0.15, -0.1) is 0 Å². The molecule has 5 nitrogen and oxygen atoms in total. The molecule has 1 aliphatic rings. The van der Waals surface area contributed by atoms with Crippen LogP contribution in [0, 0.1) is 10.6 Å². The van der Waals surface area contributed by atoms with Crippen LogP contribution in [-0.2, 0) is 6.67 Å². The Morgan fingerprint density at radius 1 is 0.923 bits per heavy atom. The Morgan fingerprint density at radius 2 is 1.62 bits per heavy atom. The van der Waals surface area contributed by atoms with E-state index in [0.29, 0.717) is 17.1 Å². The summed E-state index contributed by atoms with van der Waals surface area (Å²) in [6.45, 7) is 4.41. The van der Waals surface area contributed by atoms with E-state index in [1.165, 1.54) is 11.8 Å². The third-order valence-corrected chi connectivity index (χ3v) is 5.08. The van der Waals surface area contributed by atoms with Crippen molar-refractivity contribution >= 4 is 17.9 Å². The number of hydrogen-bond acceptors (Lipinski definition) is 4. The van der Waals surface area contributed by atoms with Crippen molar-refractivity contribution in [1.82, 2.24) is 19.2 Å². The van der Waals surface area contributed by atoms with Gasteiger partial charge in [0, 0.05) is 31.9 Å². The van der Waals surface area contributed by atoms with E-state index in [4.69, 9.17) is 12.2 Å². The van der Waals surface area contributed by atoms with Crippen LogP contribution in [-0.4, -0.2) is 45.4 Å². The van der Waals surface area contributed by atoms with Gasteiger partial charge in [-0.3, -0.25) is 9.47 Å². The fraction of sp³-hybridized carbons (Fsp3) is 0.263. The number of halogens is 1. The summed E-state index contributed by atoms with van der Waals surface area (Å²) < 4.78 is 17.9. The quantitative estimate of drug-likeness (QED) is 0.660. The minimum Gasteiger partial charge on any atom is -0.369 e. The van der Waals surface area contributed by atoms with Crippen LogP contribution in [0.3, 0.4) is 0 Å². The van der Waals surface area contributed by atoms with Crippen LogP contribution in [0.15, 0.2) is 60.9 Å². The van der Waals surface area contributed by atoms with Crippen molar-refractivity contribution in [3.8, 4) is 5.69 Å². The molecule has 1 fully saturated rings. The first-order valence-electron chi connectivity index (χ1n) is 8.64. The molecule has 0 N–H and O–H groups in total. The second-order valence-electron chi connectivity index (χ2n) is 6.32. The van der Waals surface area contributed by atoms with Crippen molar-refractivity contribution in [2.45, 2.75) is 6.67 Å². The Kier molecular flexibility index (Phi) is 4.81. The highest BCUT2D eigenvalue weighted by Gasteiger charge is 2.18. The second kappa shape index (κ2) is 7.39. The van der Waals surface area contributed by atoms with Crippen molar-refractivity contribution in [2.75, 3.05) is 31.1 Å². The molecule has 0 unspecified atom stereocenters. The van der Waals surface area contributed by atoms with E-state index < -0.39 is 0 Å². The third kappa shape index (κ3) is 3.40. The summed E-state index contributed by atoms with van der Waals surface area (Å²) in [6.07, 6.45) is 1.58. The van der Waals surface area contributed by atoms with Crippen molar-refractivity contribution in [1.29, 1.82) is 0 Å². The van der Waals surface area contributed by atoms with E-state index in [-0.39, 0.29) is 5.82 Å². The first-order valence-corrected chi connectivity index (χ1v) is 9.05. The average molecular weight is 369 g/mol. The van der Waals surface area contributed by atoms with Gasteiger partial charge in [0.1, 0.15) is 12.1 Å². The summed E-state index contributed by atoms with van der Waals surface area (Å²) in [5, 5.41) is 4.36. The lowest BCUT2D eigenvalue weighted by atomic mass is 10.2. The molecule has 7 heteroatoms. The molecule has 0 spiro atoms. The molecule has 0 radical (unpaired) electrons. The van der Waals surface area contributed by atoms with Crippen molar-refractivity contribution in [2.24, 2.45) is 0 Å². The molecule has 1 aromatic heterocycles. The highest BCUT2D eigenvalue weighted by molar-refractivity contribution is 7.71. The molecule has 0 saturated carbocycles. The molecule has 2 aromatic carbocycles. The Morgan fingerprint density at radius 3 is 2.35 bits per heavy atom. The van der Waals surface area contributed by atoms with Gasteiger partial charge in [0.05, 0.1) is 12.4 Å². The maximum atomic E-state index is 14.0. The van der Waals surface area contributed by atoms with Crippen molar-refractivity contribution in [3.05, 3.63) is 71.5 Å². The van der Waals surface area contributed by atoms with Crippen LogP contribution in [0.2, 0.25) is 0 Å². The average Bonchev–Trinajstić information content (AvgIpc) is 3.04. The van der Waals surface area contributed by atoms with Crippen LogP contribution in [0.25, 0.3) is 5.69 Å². The SMILES string of the molecule is Fc1ccccc1-n1cnn(CN2CCN(c3ccccc3)CC2)c1=S. The monoisotopic (exact) mass is 369 g/mol. The summed E-state index contributed by atoms with van der Waals surface area (Å²) in [6, 6.07) is 17.0. The lowest BCUT2D eigenvalue weighted by Crippen LogP contribution is -2.46. The molecule has 26 heavy (non-hydrogen) atoms. The van der Waals surface area contributed by atoms with Gasteiger partial charge >= 0.3 is 0 Å². The molecule has 0 atom stereocenters. The van der Waals surface area contributed by atoms with Gasteiger partial charge in [0.25, 0.3) is 0 Å². The van der Waals surface area contributed by atoms with Crippen LogP contribution in [0.1, 0.15) is 0 Å². The number of benzene rings is 2. The number of aromatic nitrogens is 3. The Hall–Kier alpha value is -2.51. The van der Waals surface area contributed by atoms with Crippen LogP contribution >= 0.6 is 12.2 Å². The number of rotatable bonds is 4. The molecule has 0 aliphatic carbocycles. The molecular weight excluding hydrogens is 349 g/mol. The summed E-state index contributed by atoms with van der Waals surface area (Å²) in [5.74, 6) is -0.306. The predicted octanol–water partition coefficient (Wildman–Crippen LogP) is 3.32. The summed E-state index contributed by atoms with van der Waals surface area (Å²) in [5.41, 5.74) is 1.69. The van der Waals surface area contributed by atoms with Crippen molar-refractivity contribution in [3.63, 3.8) is 0 Å². The van der Waals surface area contributed by atoms with Gasteiger partial charge < -0.3 is 4.90 Å². The predicted molar refractivity (Wildman–Crippen MR) is 103 cm³/mol. The van der Waals surface area contributed by atoms with Crippen LogP contribution in [0.5, 0.6) is 0 Å². The molecule has 3 aromatic rings. The molecule has 1 aliphatic heterocycles. The number of nitrogens with zero attached hydrogens (tertiary/aromatic N) is 5. The zero-order valence-corrected chi connectivity index (χ0v) is 15.1.